The molecule has 0 saturated heterocycles. The average Bonchev–Trinajstić information content (AvgIpc) is 2.54. The second-order valence-corrected chi connectivity index (χ2v) is 6.89. The second kappa shape index (κ2) is 10.4. The van der Waals surface area contributed by atoms with E-state index in [1.54, 1.807) is 24.3 Å². The predicted molar refractivity (Wildman–Crippen MR) is 86.0 cm³/mol. The molecule has 1 aromatic carbocycles. The molecule has 0 saturated carbocycles. The number of ether oxygens (including phenoxy) is 1. The lowest BCUT2D eigenvalue weighted by Crippen LogP contribution is -2.07. The molecule has 0 aliphatic carbocycles. The van der Waals surface area contributed by atoms with Gasteiger partial charge in [0, 0.05) is 0 Å². The number of hydrogen-bond donors (Lipinski definition) is 0. The van der Waals surface area contributed by atoms with Crippen LogP contribution in [0, 0.1) is 11.3 Å². The van der Waals surface area contributed by atoms with E-state index >= 15 is 0 Å². The Labute approximate surface area is 132 Å². The molecule has 0 bridgehead atoms. The first-order chi connectivity index (χ1) is 10.6. The van der Waals surface area contributed by atoms with Crippen LogP contribution < -0.4 is 4.74 Å². The van der Waals surface area contributed by atoms with E-state index < -0.39 is 7.60 Å². The van der Waals surface area contributed by atoms with Crippen LogP contribution in [0.3, 0.4) is 0 Å². The molecular weight excluding hydrogens is 301 g/mol. The molecule has 0 aliphatic rings. The van der Waals surface area contributed by atoms with E-state index in [2.05, 4.69) is 0 Å². The third-order valence-electron chi connectivity index (χ3n) is 2.94. The Morgan fingerprint density at radius 2 is 1.59 bits per heavy atom. The van der Waals surface area contributed by atoms with E-state index in [0.717, 1.165) is 25.7 Å². The maximum absolute atomic E-state index is 12.6. The molecule has 5 nitrogen and oxygen atoms in total. The van der Waals surface area contributed by atoms with Crippen LogP contribution in [0.4, 0.5) is 0 Å². The van der Waals surface area contributed by atoms with E-state index in [0.29, 0.717) is 24.5 Å². The van der Waals surface area contributed by atoms with Gasteiger partial charge in [0.1, 0.15) is 5.75 Å². The third kappa shape index (κ3) is 7.09. The molecule has 0 unspecified atom stereocenters. The summed E-state index contributed by atoms with van der Waals surface area (Å²) in [4.78, 5) is 0. The lowest BCUT2D eigenvalue weighted by molar-refractivity contribution is 0.180. The van der Waals surface area contributed by atoms with Crippen molar-refractivity contribution < 1.29 is 18.3 Å². The quantitative estimate of drug-likeness (QED) is 0.435. The number of nitrogens with zero attached hydrogens (tertiary/aromatic N) is 1. The second-order valence-electron chi connectivity index (χ2n) is 4.89. The molecule has 0 spiro atoms. The summed E-state index contributed by atoms with van der Waals surface area (Å²) in [5.41, 5.74) is 0.550. The Morgan fingerprint density at radius 1 is 1.05 bits per heavy atom. The highest BCUT2D eigenvalue weighted by Crippen LogP contribution is 2.48. The Kier molecular flexibility index (Phi) is 8.84. The zero-order valence-corrected chi connectivity index (χ0v) is 14.2. The van der Waals surface area contributed by atoms with Gasteiger partial charge < -0.3 is 13.8 Å². The van der Waals surface area contributed by atoms with Crippen LogP contribution in [0.1, 0.15) is 45.1 Å². The van der Waals surface area contributed by atoms with Gasteiger partial charge in [-0.15, -0.1) is 0 Å². The first-order valence-electron chi connectivity index (χ1n) is 7.64. The van der Waals surface area contributed by atoms with Gasteiger partial charge in [0.15, 0.2) is 6.35 Å². The summed E-state index contributed by atoms with van der Waals surface area (Å²) in [6.45, 7) is 4.88. The van der Waals surface area contributed by atoms with E-state index in [4.69, 9.17) is 19.0 Å². The molecule has 22 heavy (non-hydrogen) atoms. The molecule has 0 atom stereocenters. The number of unbranched alkanes of at least 4 members (excludes halogenated alkanes) is 2. The fourth-order valence-electron chi connectivity index (χ4n) is 1.59. The minimum Gasteiger partial charge on any atom is -0.481 e. The summed E-state index contributed by atoms with van der Waals surface area (Å²) in [5, 5.41) is 8.75. The van der Waals surface area contributed by atoms with Crippen molar-refractivity contribution in [1.82, 2.24) is 0 Å². The minimum absolute atomic E-state index is 0.119. The number of hydrogen-bond acceptors (Lipinski definition) is 5. The van der Waals surface area contributed by atoms with E-state index in [1.165, 1.54) is 0 Å². The largest absolute Gasteiger partial charge is 0.481 e. The highest BCUT2D eigenvalue weighted by atomic mass is 31.2. The van der Waals surface area contributed by atoms with Crippen LogP contribution in [-0.2, 0) is 13.6 Å². The van der Waals surface area contributed by atoms with Gasteiger partial charge in [-0.2, -0.15) is 5.26 Å². The van der Waals surface area contributed by atoms with Gasteiger partial charge in [-0.1, -0.05) is 26.7 Å². The molecule has 1 aromatic rings. The highest BCUT2D eigenvalue weighted by Gasteiger charge is 2.25. The molecular formula is C16H24NO4P. The van der Waals surface area contributed by atoms with E-state index in [-0.39, 0.29) is 6.35 Å². The Bertz CT molecular complexity index is 496. The molecule has 6 heteroatoms. The average molecular weight is 325 g/mol. The van der Waals surface area contributed by atoms with Crippen LogP contribution in [0.2, 0.25) is 0 Å². The Hall–Kier alpha value is -1.34. The maximum atomic E-state index is 12.6. The fourth-order valence-corrected chi connectivity index (χ4v) is 2.93. The number of benzene rings is 1. The summed E-state index contributed by atoms with van der Waals surface area (Å²) < 4.78 is 29.0. The van der Waals surface area contributed by atoms with Gasteiger partial charge >= 0.3 is 7.60 Å². The predicted octanol–water partition coefficient (Wildman–Crippen LogP) is 4.72. The van der Waals surface area contributed by atoms with Gasteiger partial charge in [0.25, 0.3) is 0 Å². The van der Waals surface area contributed by atoms with Crippen molar-refractivity contribution in [2.45, 2.75) is 39.5 Å². The van der Waals surface area contributed by atoms with Gasteiger partial charge in [-0.3, -0.25) is 4.57 Å². The summed E-state index contributed by atoms with van der Waals surface area (Å²) in [7, 11) is -3.25. The lowest BCUT2D eigenvalue weighted by atomic mass is 10.2. The van der Waals surface area contributed by atoms with Gasteiger partial charge in [0.2, 0.25) is 0 Å². The third-order valence-corrected chi connectivity index (χ3v) is 4.54. The lowest BCUT2D eigenvalue weighted by Gasteiger charge is -2.19. The van der Waals surface area contributed by atoms with Crippen LogP contribution in [-0.4, -0.2) is 19.6 Å². The van der Waals surface area contributed by atoms with E-state index in [9.17, 15) is 4.57 Å². The zero-order chi connectivity index (χ0) is 16.3. The smallest absolute Gasteiger partial charge is 0.367 e. The molecule has 0 radical (unpaired) electrons. The molecule has 122 valence electrons. The van der Waals surface area contributed by atoms with Crippen LogP contribution >= 0.6 is 7.60 Å². The molecule has 0 heterocycles. The van der Waals surface area contributed by atoms with Crippen molar-refractivity contribution in [2.24, 2.45) is 0 Å². The van der Waals surface area contributed by atoms with Gasteiger partial charge in [-0.25, -0.2) is 0 Å². The van der Waals surface area contributed by atoms with Crippen molar-refractivity contribution in [3.63, 3.8) is 0 Å². The normalized spacial score (nSPS) is 11.1. The van der Waals surface area contributed by atoms with Crippen LogP contribution in [0.25, 0.3) is 0 Å². The summed E-state index contributed by atoms with van der Waals surface area (Å²) >= 11 is 0. The maximum Gasteiger partial charge on any atom is 0.367 e. The van der Waals surface area contributed by atoms with E-state index in [1.807, 2.05) is 19.9 Å². The monoisotopic (exact) mass is 325 g/mol. The Morgan fingerprint density at radius 3 is 2.05 bits per heavy atom. The Balaban J connectivity index is 2.57. The van der Waals surface area contributed by atoms with Crippen molar-refractivity contribution in [3.8, 4) is 11.8 Å². The highest BCUT2D eigenvalue weighted by molar-refractivity contribution is 7.53. The van der Waals surface area contributed by atoms with Crippen LogP contribution in [0.15, 0.2) is 24.3 Å². The minimum atomic E-state index is -3.25. The molecule has 1 rings (SSSR count). The molecule has 0 N–H and O–H groups in total. The summed E-state index contributed by atoms with van der Waals surface area (Å²) in [6, 6.07) is 8.67. The van der Waals surface area contributed by atoms with Crippen molar-refractivity contribution >= 4 is 7.60 Å². The number of nitriles is 1. The van der Waals surface area contributed by atoms with Crippen molar-refractivity contribution in [2.75, 3.05) is 19.6 Å². The first kappa shape index (κ1) is 18.7. The summed E-state index contributed by atoms with van der Waals surface area (Å²) in [5.74, 6) is 0.539. The van der Waals surface area contributed by atoms with Gasteiger partial charge in [0.05, 0.1) is 24.8 Å². The van der Waals surface area contributed by atoms with Crippen LogP contribution in [0.5, 0.6) is 5.75 Å². The molecule has 0 aromatic heterocycles. The standard InChI is InChI=1S/C16H24NO4P/c1-3-5-11-20-22(18,21-12-6-4-2)14-19-16-9-7-15(13-17)8-10-16/h7-10H,3-6,11-12,14H2,1-2H3. The van der Waals surface area contributed by atoms with Gasteiger partial charge in [-0.05, 0) is 37.1 Å². The SMILES string of the molecule is CCCCOP(=O)(COc1ccc(C#N)cc1)OCCCC. The van der Waals surface area contributed by atoms with Crippen molar-refractivity contribution in [1.29, 1.82) is 5.26 Å². The van der Waals surface area contributed by atoms with Crippen molar-refractivity contribution in [3.05, 3.63) is 29.8 Å². The summed E-state index contributed by atoms with van der Waals surface area (Å²) in [6.07, 6.45) is 3.47. The molecule has 0 aliphatic heterocycles. The zero-order valence-electron chi connectivity index (χ0n) is 13.3. The fraction of sp³-hybridized carbons (Fsp3) is 0.562. The molecule has 0 amide bonds. The first-order valence-corrected chi connectivity index (χ1v) is 9.37. The number of rotatable bonds is 11. The molecule has 0 fully saturated rings. The topological polar surface area (TPSA) is 68.5 Å².